The minimum atomic E-state index is -4.89. The highest BCUT2D eigenvalue weighted by Crippen LogP contribution is 2.53. The van der Waals surface area contributed by atoms with E-state index in [0.29, 0.717) is 0 Å². The van der Waals surface area contributed by atoms with Crippen molar-refractivity contribution in [2.75, 3.05) is 11.4 Å². The fraction of sp³-hybridized carbons (Fsp3) is 0.393. The van der Waals surface area contributed by atoms with Gasteiger partial charge in [0.25, 0.3) is 0 Å². The predicted octanol–water partition coefficient (Wildman–Crippen LogP) is 5.12. The van der Waals surface area contributed by atoms with Crippen molar-refractivity contribution in [1.82, 2.24) is 9.78 Å². The summed E-state index contributed by atoms with van der Waals surface area (Å²) in [5.41, 5.74) is 0.942. The first-order chi connectivity index (χ1) is 17.5. The number of aromatic hydroxyl groups is 1. The van der Waals surface area contributed by atoms with E-state index in [4.69, 9.17) is 0 Å². The first kappa shape index (κ1) is 25.4. The lowest BCUT2D eigenvalue weighted by molar-refractivity contribution is -0.145. The van der Waals surface area contributed by atoms with Gasteiger partial charge < -0.3 is 20.2 Å². The molecule has 0 saturated heterocycles. The summed E-state index contributed by atoms with van der Waals surface area (Å²) < 4.78 is 42.7. The van der Waals surface area contributed by atoms with Crippen molar-refractivity contribution in [3.63, 3.8) is 0 Å². The lowest BCUT2D eigenvalue weighted by Crippen LogP contribution is -2.53. The van der Waals surface area contributed by atoms with Crippen LogP contribution in [0.15, 0.2) is 66.4 Å². The van der Waals surface area contributed by atoms with Crippen LogP contribution in [0.4, 0.5) is 18.9 Å². The van der Waals surface area contributed by atoms with Gasteiger partial charge in [-0.2, -0.15) is 18.3 Å². The zero-order valence-electron chi connectivity index (χ0n) is 20.8. The minimum absolute atomic E-state index is 0.236. The fourth-order valence-corrected chi connectivity index (χ4v) is 5.75. The molecule has 0 spiro atoms. The van der Waals surface area contributed by atoms with Crippen molar-refractivity contribution in [3.05, 3.63) is 83.2 Å². The lowest BCUT2D eigenvalue weighted by atomic mass is 9.64. The van der Waals surface area contributed by atoms with Crippen LogP contribution in [0.3, 0.4) is 0 Å². The molecule has 2 atom stereocenters. The molecule has 2 heterocycles. The quantitative estimate of drug-likeness (QED) is 0.441. The van der Waals surface area contributed by atoms with E-state index in [1.54, 1.807) is 24.3 Å². The highest BCUT2D eigenvalue weighted by atomic mass is 19.4. The molecule has 6 nitrogen and oxygen atoms in total. The molecular weight excluding hydrogens is 483 g/mol. The molecule has 1 aliphatic heterocycles. The minimum Gasteiger partial charge on any atom is -0.493 e. The Kier molecular flexibility index (Phi) is 6.11. The monoisotopic (exact) mass is 513 g/mol. The van der Waals surface area contributed by atoms with Gasteiger partial charge in [0.05, 0.1) is 23.5 Å². The number of anilines is 1. The van der Waals surface area contributed by atoms with E-state index < -0.39 is 52.8 Å². The summed E-state index contributed by atoms with van der Waals surface area (Å²) in [6.07, 6.45) is -4.92. The summed E-state index contributed by atoms with van der Waals surface area (Å²) in [5.74, 6) is -2.90. The Morgan fingerprint density at radius 2 is 1.62 bits per heavy atom. The van der Waals surface area contributed by atoms with Gasteiger partial charge in [-0.15, -0.1) is 0 Å². The standard InChI is InChI=1S/C28H30F3N3O3/c1-4-14-33-19-13-9-8-12-18(19)27(2,3)20(33)15-17-23(35)21(24(17)36)22-25(28(29,30)31)32-34(26(22)37)16-10-6-5-7-11-16/h5-13,15,17,21,23-24,35-37H,4,14H2,1-3H3. The van der Waals surface area contributed by atoms with Crippen LogP contribution in [0.2, 0.25) is 0 Å². The Balaban J connectivity index is 1.53. The molecule has 5 rings (SSSR count). The highest BCUT2D eigenvalue weighted by Gasteiger charge is 2.55. The van der Waals surface area contributed by atoms with Gasteiger partial charge in [-0.25, -0.2) is 4.68 Å². The van der Waals surface area contributed by atoms with Crippen molar-refractivity contribution >= 4 is 5.69 Å². The molecule has 1 aromatic heterocycles. The molecule has 196 valence electrons. The maximum atomic E-state index is 14.0. The number of allylic oxidation sites excluding steroid dienone is 1. The number of para-hydroxylation sites is 2. The zero-order chi connectivity index (χ0) is 26.7. The second-order valence-corrected chi connectivity index (χ2v) is 10.3. The normalized spacial score (nSPS) is 25.8. The Labute approximate surface area is 213 Å². The van der Waals surface area contributed by atoms with E-state index in [2.05, 4.69) is 30.8 Å². The molecule has 1 aliphatic carbocycles. The Morgan fingerprint density at radius 3 is 2.24 bits per heavy atom. The zero-order valence-corrected chi connectivity index (χ0v) is 20.8. The van der Waals surface area contributed by atoms with Crippen molar-refractivity contribution in [2.24, 2.45) is 5.92 Å². The number of hydrogen-bond acceptors (Lipinski definition) is 5. The van der Waals surface area contributed by atoms with E-state index in [1.807, 2.05) is 24.3 Å². The molecule has 9 heteroatoms. The van der Waals surface area contributed by atoms with Crippen LogP contribution in [-0.4, -0.2) is 43.9 Å². The smallest absolute Gasteiger partial charge is 0.435 e. The lowest BCUT2D eigenvalue weighted by Gasteiger charge is -2.46. The molecule has 0 radical (unpaired) electrons. The van der Waals surface area contributed by atoms with Crippen LogP contribution in [0.5, 0.6) is 5.88 Å². The summed E-state index contributed by atoms with van der Waals surface area (Å²) in [6, 6.07) is 15.9. The average molecular weight is 514 g/mol. The number of aliphatic hydroxyl groups excluding tert-OH is 2. The van der Waals surface area contributed by atoms with Gasteiger partial charge in [0.15, 0.2) is 5.69 Å². The van der Waals surface area contributed by atoms with Gasteiger partial charge in [0.2, 0.25) is 5.88 Å². The Morgan fingerprint density at radius 1 is 1.00 bits per heavy atom. The number of halogens is 3. The first-order valence-electron chi connectivity index (χ1n) is 12.4. The molecule has 1 fully saturated rings. The van der Waals surface area contributed by atoms with E-state index in [-0.39, 0.29) is 5.69 Å². The molecule has 1 saturated carbocycles. The molecule has 0 bridgehead atoms. The molecular formula is C28H30F3N3O3. The van der Waals surface area contributed by atoms with Crippen molar-refractivity contribution in [1.29, 1.82) is 0 Å². The van der Waals surface area contributed by atoms with Crippen LogP contribution in [0.1, 0.15) is 49.9 Å². The van der Waals surface area contributed by atoms with Crippen molar-refractivity contribution in [3.8, 4) is 11.6 Å². The summed E-state index contributed by atoms with van der Waals surface area (Å²) in [7, 11) is 0. The highest BCUT2D eigenvalue weighted by molar-refractivity contribution is 5.70. The second-order valence-electron chi connectivity index (χ2n) is 10.3. The molecule has 2 aliphatic rings. The maximum absolute atomic E-state index is 14.0. The fourth-order valence-electron chi connectivity index (χ4n) is 5.75. The number of fused-ring (bicyclic) bond motifs is 1. The number of alkyl halides is 3. The number of rotatable bonds is 5. The van der Waals surface area contributed by atoms with Gasteiger partial charge in [0.1, 0.15) is 0 Å². The van der Waals surface area contributed by atoms with E-state index in [1.165, 1.54) is 12.1 Å². The largest absolute Gasteiger partial charge is 0.493 e. The summed E-state index contributed by atoms with van der Waals surface area (Å²) in [6.45, 7) is 6.89. The van der Waals surface area contributed by atoms with Crippen molar-refractivity contribution in [2.45, 2.75) is 56.9 Å². The topological polar surface area (TPSA) is 81.8 Å². The molecule has 0 amide bonds. The number of aromatic nitrogens is 2. The third kappa shape index (κ3) is 3.92. The van der Waals surface area contributed by atoms with Gasteiger partial charge in [0, 0.05) is 35.2 Å². The van der Waals surface area contributed by atoms with E-state index in [0.717, 1.165) is 34.6 Å². The third-order valence-corrected chi connectivity index (χ3v) is 7.62. The molecule has 3 aromatic rings. The van der Waals surface area contributed by atoms with Gasteiger partial charge in [-0.1, -0.05) is 63.2 Å². The molecule has 2 unspecified atom stereocenters. The average Bonchev–Trinajstić information content (AvgIpc) is 3.30. The SMILES string of the molecule is CCCN1C(=CC2C(O)C(c3c(C(F)(F)F)nn(-c4ccccc4)c3O)C2O)C(C)(C)c2ccccc21. The predicted molar refractivity (Wildman–Crippen MR) is 134 cm³/mol. The Hall–Kier alpha value is -3.30. The van der Waals surface area contributed by atoms with Crippen LogP contribution in [-0.2, 0) is 11.6 Å². The summed E-state index contributed by atoms with van der Waals surface area (Å²) in [4.78, 5) is 2.15. The third-order valence-electron chi connectivity index (χ3n) is 7.62. The van der Waals surface area contributed by atoms with Gasteiger partial charge >= 0.3 is 6.18 Å². The van der Waals surface area contributed by atoms with Crippen LogP contribution >= 0.6 is 0 Å². The van der Waals surface area contributed by atoms with Crippen LogP contribution < -0.4 is 4.90 Å². The van der Waals surface area contributed by atoms with Gasteiger partial charge in [-0.05, 0) is 30.2 Å². The number of hydrogen-bond donors (Lipinski definition) is 3. The summed E-state index contributed by atoms with van der Waals surface area (Å²) >= 11 is 0. The van der Waals surface area contributed by atoms with E-state index in [9.17, 15) is 28.5 Å². The molecule has 37 heavy (non-hydrogen) atoms. The van der Waals surface area contributed by atoms with Crippen molar-refractivity contribution < 1.29 is 28.5 Å². The van der Waals surface area contributed by atoms with Crippen LogP contribution in [0, 0.1) is 5.92 Å². The summed E-state index contributed by atoms with van der Waals surface area (Å²) in [5, 5.41) is 36.7. The van der Waals surface area contributed by atoms with E-state index >= 15 is 0 Å². The number of benzene rings is 2. The maximum Gasteiger partial charge on any atom is 0.435 e. The number of aliphatic hydroxyl groups is 2. The Bertz CT molecular complexity index is 1320. The number of nitrogens with zero attached hydrogens (tertiary/aromatic N) is 3. The second kappa shape index (κ2) is 8.92. The van der Waals surface area contributed by atoms with Gasteiger partial charge in [-0.3, -0.25) is 0 Å². The molecule has 3 N–H and O–H groups in total. The first-order valence-corrected chi connectivity index (χ1v) is 12.4. The van der Waals surface area contributed by atoms with Crippen LogP contribution in [0.25, 0.3) is 5.69 Å². The molecule has 2 aromatic carbocycles.